The lowest BCUT2D eigenvalue weighted by molar-refractivity contribution is -0.134. The molecule has 0 bridgehead atoms. The molecule has 8 nitrogen and oxygen atoms in total. The van der Waals surface area contributed by atoms with Gasteiger partial charge in [-0.25, -0.2) is 4.39 Å². The van der Waals surface area contributed by atoms with Gasteiger partial charge in [0.2, 0.25) is 11.8 Å². The predicted octanol–water partition coefficient (Wildman–Crippen LogP) is 5.32. The number of nitrogens with zero attached hydrogens (tertiary/aromatic N) is 3. The second-order valence-corrected chi connectivity index (χ2v) is 12.0. The molecule has 4 heterocycles. The van der Waals surface area contributed by atoms with Gasteiger partial charge in [-0.05, 0) is 47.7 Å². The molecule has 0 aliphatic carbocycles. The fraction of sp³-hybridized carbons (Fsp3) is 0.355. The van der Waals surface area contributed by atoms with Crippen molar-refractivity contribution in [2.24, 2.45) is 5.41 Å². The zero-order valence-corrected chi connectivity index (χ0v) is 23.5. The average molecular weight is 577 g/mol. The molecule has 2 atom stereocenters. The Morgan fingerprint density at radius 2 is 1.98 bits per heavy atom. The Bertz CT molecular complexity index is 1650. The molecule has 2 saturated heterocycles. The van der Waals surface area contributed by atoms with E-state index in [1.165, 1.54) is 6.26 Å². The molecule has 41 heavy (non-hydrogen) atoms. The normalized spacial score (nSPS) is 23.1. The second-order valence-electron chi connectivity index (χ2n) is 11.7. The summed E-state index contributed by atoms with van der Waals surface area (Å²) in [6, 6.07) is 13.0. The summed E-state index contributed by atoms with van der Waals surface area (Å²) in [5, 5.41) is 14.7. The molecule has 2 aromatic heterocycles. The number of carbonyl (C=O) groups excluding carboxylic acids is 2. The third-order valence-corrected chi connectivity index (χ3v) is 8.74. The molecule has 0 spiro atoms. The number of nitrogens with one attached hydrogen (secondary N) is 1. The zero-order chi connectivity index (χ0) is 28.9. The molecular formula is C31H30ClFN4O4. The third kappa shape index (κ3) is 5.03. The van der Waals surface area contributed by atoms with Gasteiger partial charge in [-0.1, -0.05) is 44.2 Å². The number of carbonyl (C=O) groups is 2. The van der Waals surface area contributed by atoms with Crippen LogP contribution in [0.4, 0.5) is 4.39 Å². The van der Waals surface area contributed by atoms with E-state index >= 15 is 4.39 Å². The van der Waals surface area contributed by atoms with E-state index in [-0.39, 0.29) is 28.6 Å². The van der Waals surface area contributed by atoms with Gasteiger partial charge in [0.25, 0.3) is 5.35 Å². The highest BCUT2D eigenvalue weighted by Gasteiger charge is 2.50. The molecule has 2 fully saturated rings. The van der Waals surface area contributed by atoms with Crippen LogP contribution in [0.25, 0.3) is 22.2 Å². The number of oxazole rings is 1. The van der Waals surface area contributed by atoms with Crippen molar-refractivity contribution in [2.75, 3.05) is 13.1 Å². The van der Waals surface area contributed by atoms with Crippen LogP contribution in [0.5, 0.6) is 0 Å². The summed E-state index contributed by atoms with van der Waals surface area (Å²) in [4.78, 5) is 34.8. The van der Waals surface area contributed by atoms with Crippen molar-refractivity contribution >= 4 is 34.3 Å². The maximum atomic E-state index is 16.2. The summed E-state index contributed by atoms with van der Waals surface area (Å²) in [5.74, 6) is -1.81. The van der Waals surface area contributed by atoms with Gasteiger partial charge in [-0.3, -0.25) is 24.8 Å². The minimum Gasteiger partial charge on any atom is -0.436 e. The third-order valence-electron chi connectivity index (χ3n) is 8.57. The molecule has 0 saturated carbocycles. The fourth-order valence-electron chi connectivity index (χ4n) is 6.19. The lowest BCUT2D eigenvalue weighted by atomic mass is 9.66. The number of halogens is 2. The summed E-state index contributed by atoms with van der Waals surface area (Å²) < 4.78 is 21.3. The predicted molar refractivity (Wildman–Crippen MR) is 151 cm³/mol. The molecular weight excluding hydrogens is 547 g/mol. The molecule has 2 amide bonds. The van der Waals surface area contributed by atoms with E-state index < -0.39 is 28.7 Å². The number of hydrogen-bond acceptors (Lipinski definition) is 7. The van der Waals surface area contributed by atoms with Crippen LogP contribution in [-0.2, 0) is 21.7 Å². The Morgan fingerprint density at radius 1 is 1.20 bits per heavy atom. The largest absolute Gasteiger partial charge is 0.436 e. The van der Waals surface area contributed by atoms with Gasteiger partial charge in [-0.2, -0.15) is 4.98 Å². The number of fused-ring (bicyclic) bond motifs is 1. The second kappa shape index (κ2) is 10.3. The van der Waals surface area contributed by atoms with Gasteiger partial charge in [0.15, 0.2) is 0 Å². The van der Waals surface area contributed by atoms with E-state index in [9.17, 15) is 14.7 Å². The number of likely N-dealkylation sites (tertiary alicyclic amines) is 1. The molecule has 6 rings (SSSR count). The minimum atomic E-state index is -1.41. The van der Waals surface area contributed by atoms with Crippen LogP contribution in [0, 0.1) is 11.2 Å². The Balaban J connectivity index is 1.23. The van der Waals surface area contributed by atoms with Gasteiger partial charge in [0.05, 0.1) is 17.0 Å². The number of piperidine rings is 2. The molecule has 4 aromatic rings. The molecule has 2 N–H and O–H groups in total. The summed E-state index contributed by atoms with van der Waals surface area (Å²) in [5.41, 5.74) is 1.81. The highest BCUT2D eigenvalue weighted by molar-refractivity contribution is 6.27. The highest BCUT2D eigenvalue weighted by Crippen LogP contribution is 2.48. The number of pyridine rings is 1. The van der Waals surface area contributed by atoms with Crippen LogP contribution in [0.2, 0.25) is 5.35 Å². The van der Waals surface area contributed by atoms with E-state index in [0.717, 1.165) is 11.1 Å². The molecule has 212 valence electrons. The molecule has 2 aliphatic heterocycles. The molecule has 1 unspecified atom stereocenters. The zero-order valence-electron chi connectivity index (χ0n) is 22.8. The van der Waals surface area contributed by atoms with Crippen molar-refractivity contribution in [3.63, 3.8) is 0 Å². The van der Waals surface area contributed by atoms with Crippen molar-refractivity contribution in [1.29, 1.82) is 0 Å². The van der Waals surface area contributed by atoms with Gasteiger partial charge in [-0.15, -0.1) is 0 Å². The number of rotatable bonds is 5. The van der Waals surface area contributed by atoms with E-state index in [2.05, 4.69) is 20.2 Å². The lowest BCUT2D eigenvalue weighted by Gasteiger charge is -2.50. The Labute approximate surface area is 241 Å². The summed E-state index contributed by atoms with van der Waals surface area (Å²) >= 11 is 5.80. The van der Waals surface area contributed by atoms with Gasteiger partial charge in [0.1, 0.15) is 17.8 Å². The minimum absolute atomic E-state index is 0.0981. The van der Waals surface area contributed by atoms with Crippen molar-refractivity contribution < 1.29 is 23.5 Å². The number of hydrogen-bond donors (Lipinski definition) is 2. The van der Waals surface area contributed by atoms with E-state index in [4.69, 9.17) is 16.0 Å². The topological polar surface area (TPSA) is 109 Å². The van der Waals surface area contributed by atoms with Gasteiger partial charge in [0, 0.05) is 54.2 Å². The first kappa shape index (κ1) is 27.5. The van der Waals surface area contributed by atoms with Gasteiger partial charge >= 0.3 is 0 Å². The lowest BCUT2D eigenvalue weighted by Crippen LogP contribution is -2.55. The maximum Gasteiger partial charge on any atom is 0.292 e. The van der Waals surface area contributed by atoms with Crippen molar-refractivity contribution in [2.45, 2.75) is 51.2 Å². The van der Waals surface area contributed by atoms with Crippen LogP contribution in [0.1, 0.15) is 55.7 Å². The summed E-state index contributed by atoms with van der Waals surface area (Å²) in [6.07, 6.45) is 4.00. The van der Waals surface area contributed by atoms with E-state index in [1.807, 2.05) is 38.1 Å². The van der Waals surface area contributed by atoms with Gasteiger partial charge < -0.3 is 9.52 Å². The number of imide groups is 1. The summed E-state index contributed by atoms with van der Waals surface area (Å²) in [7, 11) is 0. The molecule has 2 aliphatic rings. The Hall–Kier alpha value is -3.66. The first-order chi connectivity index (χ1) is 19.5. The average Bonchev–Trinajstić information content (AvgIpc) is 3.37. The Kier molecular flexibility index (Phi) is 6.92. The van der Waals surface area contributed by atoms with Crippen molar-refractivity contribution in [3.05, 3.63) is 82.8 Å². The fourth-order valence-corrected chi connectivity index (χ4v) is 6.32. The van der Waals surface area contributed by atoms with Crippen LogP contribution in [0.3, 0.4) is 0 Å². The molecule has 10 heteroatoms. The summed E-state index contributed by atoms with van der Waals surface area (Å²) in [6.45, 7) is 5.72. The quantitative estimate of drug-likeness (QED) is 0.309. The first-order valence-electron chi connectivity index (χ1n) is 13.6. The van der Waals surface area contributed by atoms with Crippen LogP contribution >= 0.6 is 11.6 Å². The SMILES string of the molecule is CC1(C)CN(Cc2ccc(-c3coc(Cl)n3)cc2)CC[C@@]1(O)c1ccc2ncc(C3CCC(=O)NC3=O)cc2c1F. The van der Waals surface area contributed by atoms with Crippen LogP contribution in [-0.4, -0.2) is 44.9 Å². The van der Waals surface area contributed by atoms with Crippen LogP contribution < -0.4 is 5.32 Å². The standard InChI is InChI=1S/C31H30ClFN4O4/c1-30(2)17-37(15-18-3-5-19(6-4-18)25-16-41-29(32)35-25)12-11-31(30,40)23-8-9-24-22(27(23)33)13-20(14-34-24)21-7-10-26(38)36-28(21)39/h3-6,8-9,13-14,16,21,40H,7,10-12,15,17H2,1-2H3,(H,36,38,39)/t21?,31-/m1/s1. The molecule has 0 radical (unpaired) electrons. The Morgan fingerprint density at radius 3 is 2.66 bits per heavy atom. The number of aliphatic hydroxyl groups is 1. The van der Waals surface area contributed by atoms with E-state index in [1.54, 1.807) is 24.4 Å². The number of benzene rings is 2. The first-order valence-corrected chi connectivity index (χ1v) is 14.0. The number of aromatic nitrogens is 2. The monoisotopic (exact) mass is 576 g/mol. The van der Waals surface area contributed by atoms with Crippen LogP contribution in [0.15, 0.2) is 59.3 Å². The molecule has 2 aromatic carbocycles. The van der Waals surface area contributed by atoms with Crippen molar-refractivity contribution in [3.8, 4) is 11.3 Å². The van der Waals surface area contributed by atoms with E-state index in [0.29, 0.717) is 49.2 Å². The van der Waals surface area contributed by atoms with Crippen molar-refractivity contribution in [1.82, 2.24) is 20.2 Å². The maximum absolute atomic E-state index is 16.2. The number of amides is 2. The highest BCUT2D eigenvalue weighted by atomic mass is 35.5. The smallest absolute Gasteiger partial charge is 0.292 e.